The van der Waals surface area contributed by atoms with E-state index in [4.69, 9.17) is 9.47 Å². The Morgan fingerprint density at radius 1 is 1.00 bits per heavy atom. The van der Waals surface area contributed by atoms with Crippen LogP contribution in [0.15, 0.2) is 72.3 Å². The third kappa shape index (κ3) is 4.80. The Morgan fingerprint density at radius 2 is 1.76 bits per heavy atom. The molecule has 0 saturated carbocycles. The van der Waals surface area contributed by atoms with E-state index >= 15 is 0 Å². The maximum atomic E-state index is 13.2. The van der Waals surface area contributed by atoms with Crippen molar-refractivity contribution in [1.29, 1.82) is 0 Å². The van der Waals surface area contributed by atoms with Gasteiger partial charge in [-0.1, -0.05) is 24.3 Å². The van der Waals surface area contributed by atoms with E-state index in [0.29, 0.717) is 22.7 Å². The third-order valence-corrected chi connectivity index (χ3v) is 5.19. The van der Waals surface area contributed by atoms with Crippen LogP contribution in [0.25, 0.3) is 6.08 Å². The highest BCUT2D eigenvalue weighted by Gasteiger charge is 2.37. The maximum absolute atomic E-state index is 13.2. The van der Waals surface area contributed by atoms with Crippen molar-refractivity contribution in [3.05, 3.63) is 94.8 Å². The molecule has 1 aliphatic rings. The van der Waals surface area contributed by atoms with E-state index in [0.717, 1.165) is 16.0 Å². The highest BCUT2D eigenvalue weighted by atomic mass is 19.1. The monoisotopic (exact) mass is 460 g/mol. The van der Waals surface area contributed by atoms with Crippen LogP contribution in [0, 0.1) is 12.7 Å². The fourth-order valence-corrected chi connectivity index (χ4v) is 3.44. The van der Waals surface area contributed by atoms with Crippen LogP contribution in [-0.2, 0) is 16.2 Å². The first-order valence-electron chi connectivity index (χ1n) is 10.4. The molecule has 1 fully saturated rings. The number of nitrogens with one attached hydrogen (secondary N) is 1. The van der Waals surface area contributed by atoms with Gasteiger partial charge in [-0.2, -0.15) is 0 Å². The molecule has 1 saturated heterocycles. The third-order valence-electron chi connectivity index (χ3n) is 5.19. The number of urea groups is 1. The van der Waals surface area contributed by atoms with Gasteiger partial charge >= 0.3 is 6.03 Å². The van der Waals surface area contributed by atoms with Crippen LogP contribution in [0.2, 0.25) is 0 Å². The van der Waals surface area contributed by atoms with Crippen LogP contribution in [-0.4, -0.2) is 25.0 Å². The quantitative estimate of drug-likeness (QED) is 0.436. The average Bonchev–Trinajstić information content (AvgIpc) is 2.81. The van der Waals surface area contributed by atoms with Gasteiger partial charge in [-0.25, -0.2) is 14.1 Å². The molecule has 1 heterocycles. The van der Waals surface area contributed by atoms with Crippen LogP contribution in [0.4, 0.5) is 14.9 Å². The summed E-state index contributed by atoms with van der Waals surface area (Å²) in [7, 11) is 1.50. The Morgan fingerprint density at radius 3 is 2.47 bits per heavy atom. The van der Waals surface area contributed by atoms with Crippen molar-refractivity contribution >= 4 is 29.6 Å². The highest BCUT2D eigenvalue weighted by Crippen LogP contribution is 2.29. The molecule has 0 radical (unpaired) electrons. The molecule has 0 aromatic heterocycles. The lowest BCUT2D eigenvalue weighted by Gasteiger charge is -2.26. The number of hydrogen-bond acceptors (Lipinski definition) is 5. The van der Waals surface area contributed by atoms with Gasteiger partial charge in [-0.3, -0.25) is 14.9 Å². The van der Waals surface area contributed by atoms with E-state index in [1.54, 1.807) is 48.5 Å². The molecular formula is C26H21FN2O5. The van der Waals surface area contributed by atoms with Gasteiger partial charge in [0.15, 0.2) is 0 Å². The van der Waals surface area contributed by atoms with Crippen molar-refractivity contribution in [1.82, 2.24) is 5.32 Å². The molecule has 3 aromatic carbocycles. The Kier molecular flexibility index (Phi) is 6.40. The van der Waals surface area contributed by atoms with Gasteiger partial charge in [-0.05, 0) is 60.5 Å². The number of imide groups is 2. The van der Waals surface area contributed by atoms with Gasteiger partial charge in [0.05, 0.1) is 12.8 Å². The lowest BCUT2D eigenvalue weighted by atomic mass is 10.1. The number of rotatable bonds is 6. The molecule has 172 valence electrons. The molecular weight excluding hydrogens is 439 g/mol. The molecule has 8 heteroatoms. The van der Waals surface area contributed by atoms with Crippen LogP contribution in [0.1, 0.15) is 16.7 Å². The molecule has 4 amide bonds. The number of amides is 4. The Hall–Kier alpha value is -4.46. The number of benzene rings is 3. The van der Waals surface area contributed by atoms with E-state index in [-0.39, 0.29) is 18.0 Å². The minimum atomic E-state index is -0.819. The zero-order valence-corrected chi connectivity index (χ0v) is 18.5. The van der Waals surface area contributed by atoms with Crippen LogP contribution in [0.3, 0.4) is 0 Å². The van der Waals surface area contributed by atoms with Crippen molar-refractivity contribution in [2.24, 2.45) is 0 Å². The van der Waals surface area contributed by atoms with Gasteiger partial charge in [0.25, 0.3) is 11.8 Å². The second kappa shape index (κ2) is 9.58. The van der Waals surface area contributed by atoms with Crippen molar-refractivity contribution in [3.63, 3.8) is 0 Å². The molecule has 0 aliphatic carbocycles. The summed E-state index contributed by atoms with van der Waals surface area (Å²) in [4.78, 5) is 39.1. The molecule has 34 heavy (non-hydrogen) atoms. The summed E-state index contributed by atoms with van der Waals surface area (Å²) in [6.45, 7) is 1.96. The summed E-state index contributed by atoms with van der Waals surface area (Å²) in [6.07, 6.45) is 1.37. The molecule has 0 atom stereocenters. The number of barbiturate groups is 1. The molecule has 0 spiro atoms. The first kappa shape index (κ1) is 22.7. The average molecular weight is 460 g/mol. The zero-order valence-electron chi connectivity index (χ0n) is 18.5. The fraction of sp³-hybridized carbons (Fsp3) is 0.115. The summed E-state index contributed by atoms with van der Waals surface area (Å²) in [6, 6.07) is 16.8. The number of ether oxygens (including phenoxy) is 2. The predicted octanol–water partition coefficient (Wildman–Crippen LogP) is 4.39. The number of nitrogens with zero attached hydrogens (tertiary/aromatic N) is 1. The maximum Gasteiger partial charge on any atom is 0.335 e. The van der Waals surface area contributed by atoms with Gasteiger partial charge in [-0.15, -0.1) is 0 Å². The molecule has 0 unspecified atom stereocenters. The summed E-state index contributed by atoms with van der Waals surface area (Å²) < 4.78 is 24.3. The Bertz CT molecular complexity index is 1300. The van der Waals surface area contributed by atoms with Gasteiger partial charge < -0.3 is 9.47 Å². The number of methoxy groups -OCH3 is 1. The van der Waals surface area contributed by atoms with Gasteiger partial charge in [0.1, 0.15) is 29.5 Å². The van der Waals surface area contributed by atoms with Crippen molar-refractivity contribution < 1.29 is 28.2 Å². The van der Waals surface area contributed by atoms with E-state index in [2.05, 4.69) is 5.32 Å². The Balaban J connectivity index is 1.68. The van der Waals surface area contributed by atoms with Crippen LogP contribution >= 0.6 is 0 Å². The minimum absolute atomic E-state index is 0.123. The second-order valence-corrected chi connectivity index (χ2v) is 7.62. The van der Waals surface area contributed by atoms with E-state index < -0.39 is 17.8 Å². The first-order valence-corrected chi connectivity index (χ1v) is 10.4. The predicted molar refractivity (Wildman–Crippen MR) is 124 cm³/mol. The zero-order chi connectivity index (χ0) is 24.2. The molecule has 7 nitrogen and oxygen atoms in total. The Labute approximate surface area is 195 Å². The number of anilines is 1. The summed E-state index contributed by atoms with van der Waals surface area (Å²) in [5, 5.41) is 2.21. The highest BCUT2D eigenvalue weighted by molar-refractivity contribution is 6.39. The SMILES string of the molecule is COc1ccc(/C=C2\C(=O)NC(=O)N(c3cccc(C)c3)C2=O)c(OCc2ccc(F)cc2)c1. The summed E-state index contributed by atoms with van der Waals surface area (Å²) in [5.74, 6) is -1.06. The molecule has 4 rings (SSSR count). The number of aryl methyl sites for hydroxylation is 1. The van der Waals surface area contributed by atoms with E-state index in [9.17, 15) is 18.8 Å². The second-order valence-electron chi connectivity index (χ2n) is 7.62. The van der Waals surface area contributed by atoms with E-state index in [1.807, 2.05) is 13.0 Å². The summed E-state index contributed by atoms with van der Waals surface area (Å²) in [5.41, 5.74) is 2.14. The summed E-state index contributed by atoms with van der Waals surface area (Å²) >= 11 is 0. The van der Waals surface area contributed by atoms with Crippen LogP contribution in [0.5, 0.6) is 11.5 Å². The fourth-order valence-electron chi connectivity index (χ4n) is 3.44. The van der Waals surface area contributed by atoms with Crippen molar-refractivity contribution in [2.75, 3.05) is 12.0 Å². The standard InChI is InChI=1S/C26H21FN2O5/c1-16-4-3-5-20(12-16)29-25(31)22(24(30)28-26(29)32)13-18-8-11-21(33-2)14-23(18)34-15-17-6-9-19(27)10-7-17/h3-14H,15H2,1-2H3,(H,28,30,32)/b22-13+. The van der Waals surface area contributed by atoms with Gasteiger partial charge in [0.2, 0.25) is 0 Å². The molecule has 3 aromatic rings. The van der Waals surface area contributed by atoms with Crippen LogP contribution < -0.4 is 19.7 Å². The number of halogens is 1. The number of hydrogen-bond donors (Lipinski definition) is 1. The minimum Gasteiger partial charge on any atom is -0.497 e. The lowest BCUT2D eigenvalue weighted by Crippen LogP contribution is -2.54. The topological polar surface area (TPSA) is 84.9 Å². The first-order chi connectivity index (χ1) is 16.4. The molecule has 0 bridgehead atoms. The van der Waals surface area contributed by atoms with Gasteiger partial charge in [0, 0.05) is 11.6 Å². The normalized spacial score (nSPS) is 14.9. The van der Waals surface area contributed by atoms with Crippen molar-refractivity contribution in [3.8, 4) is 11.5 Å². The van der Waals surface area contributed by atoms with E-state index in [1.165, 1.54) is 25.3 Å². The smallest absolute Gasteiger partial charge is 0.335 e. The molecule has 1 aliphatic heterocycles. The molecule has 1 N–H and O–H groups in total. The number of carbonyl (C=O) groups is 3. The largest absolute Gasteiger partial charge is 0.497 e. The number of carbonyl (C=O) groups excluding carboxylic acids is 3. The lowest BCUT2D eigenvalue weighted by molar-refractivity contribution is -0.122. The van der Waals surface area contributed by atoms with Crippen molar-refractivity contribution in [2.45, 2.75) is 13.5 Å².